The standard InChI is InChI=1S/C17H25N3O5S/c1-25-14-5-7-15(8-6-14)26(23,24)20-12-13(11-16(20)17(21)18-22)19-9-3-2-4-10-19/h5-8,13,16,22H,2-4,9-12H2,1H3,(H,18,21)/t13-,16+/m0/s1. The van der Waals surface area contributed by atoms with Crippen LogP contribution in [-0.2, 0) is 14.8 Å². The summed E-state index contributed by atoms with van der Waals surface area (Å²) in [7, 11) is -2.35. The first-order chi connectivity index (χ1) is 12.5. The van der Waals surface area contributed by atoms with Crippen molar-refractivity contribution >= 4 is 15.9 Å². The maximum atomic E-state index is 13.1. The number of piperidine rings is 1. The highest BCUT2D eigenvalue weighted by molar-refractivity contribution is 7.89. The van der Waals surface area contributed by atoms with Crippen LogP contribution in [0.5, 0.6) is 5.75 Å². The fourth-order valence-corrected chi connectivity index (χ4v) is 5.43. The molecule has 1 aromatic rings. The van der Waals surface area contributed by atoms with Crippen molar-refractivity contribution < 1.29 is 23.2 Å². The van der Waals surface area contributed by atoms with Gasteiger partial charge in [-0.25, -0.2) is 13.9 Å². The Morgan fingerprint density at radius 1 is 1.19 bits per heavy atom. The number of carbonyl (C=O) groups is 1. The number of hydrogen-bond donors (Lipinski definition) is 2. The van der Waals surface area contributed by atoms with Crippen LogP contribution in [0.15, 0.2) is 29.2 Å². The number of ether oxygens (including phenoxy) is 1. The summed E-state index contributed by atoms with van der Waals surface area (Å²) in [4.78, 5) is 14.5. The predicted octanol–water partition coefficient (Wildman–Crippen LogP) is 0.818. The van der Waals surface area contributed by atoms with Gasteiger partial charge in [-0.05, 0) is 56.6 Å². The lowest BCUT2D eigenvalue weighted by molar-refractivity contribution is -0.132. The fraction of sp³-hybridized carbons (Fsp3) is 0.588. The van der Waals surface area contributed by atoms with E-state index in [1.54, 1.807) is 17.6 Å². The lowest BCUT2D eigenvalue weighted by Gasteiger charge is -2.32. The quantitative estimate of drug-likeness (QED) is 0.577. The van der Waals surface area contributed by atoms with E-state index in [-0.39, 0.29) is 17.5 Å². The zero-order chi connectivity index (χ0) is 18.7. The molecule has 8 nitrogen and oxygen atoms in total. The third kappa shape index (κ3) is 3.71. The van der Waals surface area contributed by atoms with E-state index in [4.69, 9.17) is 9.94 Å². The second-order valence-electron chi connectivity index (χ2n) is 6.73. The van der Waals surface area contributed by atoms with Crippen LogP contribution < -0.4 is 10.2 Å². The van der Waals surface area contributed by atoms with Gasteiger partial charge in [-0.1, -0.05) is 6.42 Å². The molecule has 2 saturated heterocycles. The van der Waals surface area contributed by atoms with E-state index in [1.807, 2.05) is 0 Å². The summed E-state index contributed by atoms with van der Waals surface area (Å²) < 4.78 is 32.5. The topological polar surface area (TPSA) is 99.2 Å². The van der Waals surface area contributed by atoms with Gasteiger partial charge in [-0.3, -0.25) is 14.9 Å². The maximum absolute atomic E-state index is 13.1. The van der Waals surface area contributed by atoms with Crippen LogP contribution in [0.2, 0.25) is 0 Å². The van der Waals surface area contributed by atoms with E-state index in [9.17, 15) is 13.2 Å². The van der Waals surface area contributed by atoms with E-state index in [1.165, 1.54) is 30.0 Å². The Bertz CT molecular complexity index is 731. The Hall–Kier alpha value is -1.68. The summed E-state index contributed by atoms with van der Waals surface area (Å²) in [5, 5.41) is 9.06. The highest BCUT2D eigenvalue weighted by Gasteiger charge is 2.45. The lowest BCUT2D eigenvalue weighted by atomic mass is 10.1. The van der Waals surface area contributed by atoms with Gasteiger partial charge in [0.15, 0.2) is 0 Å². The van der Waals surface area contributed by atoms with Crippen molar-refractivity contribution in [2.75, 3.05) is 26.7 Å². The van der Waals surface area contributed by atoms with Gasteiger partial charge < -0.3 is 4.74 Å². The number of hydroxylamine groups is 1. The molecule has 0 radical (unpaired) electrons. The summed E-state index contributed by atoms with van der Waals surface area (Å²) in [5.41, 5.74) is 1.62. The van der Waals surface area contributed by atoms with E-state index in [2.05, 4.69) is 4.90 Å². The number of benzene rings is 1. The smallest absolute Gasteiger partial charge is 0.261 e. The molecule has 2 heterocycles. The molecule has 9 heteroatoms. The summed E-state index contributed by atoms with van der Waals surface area (Å²) in [6, 6.07) is 5.15. The number of sulfonamides is 1. The molecule has 2 aliphatic heterocycles. The number of likely N-dealkylation sites (tertiary alicyclic amines) is 1. The molecule has 2 fully saturated rings. The minimum atomic E-state index is -3.86. The molecule has 0 bridgehead atoms. The largest absolute Gasteiger partial charge is 0.497 e. The van der Waals surface area contributed by atoms with Crippen molar-refractivity contribution in [3.8, 4) is 5.75 Å². The van der Waals surface area contributed by atoms with Gasteiger partial charge in [-0.15, -0.1) is 0 Å². The van der Waals surface area contributed by atoms with Crippen LogP contribution >= 0.6 is 0 Å². The van der Waals surface area contributed by atoms with Gasteiger partial charge in [0.2, 0.25) is 10.0 Å². The number of nitrogens with zero attached hydrogens (tertiary/aromatic N) is 2. The van der Waals surface area contributed by atoms with Gasteiger partial charge in [0.25, 0.3) is 5.91 Å². The Morgan fingerprint density at radius 2 is 1.85 bits per heavy atom. The van der Waals surface area contributed by atoms with Crippen LogP contribution in [0, 0.1) is 0 Å². The Balaban J connectivity index is 1.87. The number of carbonyl (C=O) groups excluding carboxylic acids is 1. The monoisotopic (exact) mass is 383 g/mol. The number of amides is 1. The molecule has 0 unspecified atom stereocenters. The summed E-state index contributed by atoms with van der Waals surface area (Å²) >= 11 is 0. The molecular weight excluding hydrogens is 358 g/mol. The molecule has 0 saturated carbocycles. The highest BCUT2D eigenvalue weighted by atomic mass is 32.2. The SMILES string of the molecule is COc1ccc(S(=O)(=O)N2C[C@@H](N3CCCCC3)C[C@@H]2C(=O)NO)cc1. The van der Waals surface area contributed by atoms with Gasteiger partial charge in [0, 0.05) is 12.6 Å². The summed E-state index contributed by atoms with van der Waals surface area (Å²) in [6.45, 7) is 2.07. The molecule has 0 spiro atoms. The van der Waals surface area contributed by atoms with E-state index in [0.29, 0.717) is 12.2 Å². The molecule has 144 valence electrons. The molecule has 2 N–H and O–H groups in total. The molecular formula is C17H25N3O5S. The van der Waals surface area contributed by atoms with Gasteiger partial charge in [0.05, 0.1) is 12.0 Å². The second-order valence-corrected chi connectivity index (χ2v) is 8.62. The maximum Gasteiger partial charge on any atom is 0.261 e. The molecule has 1 aromatic carbocycles. The van der Waals surface area contributed by atoms with Crippen LogP contribution in [-0.4, -0.2) is 67.6 Å². The minimum Gasteiger partial charge on any atom is -0.497 e. The van der Waals surface area contributed by atoms with Crippen LogP contribution in [0.3, 0.4) is 0 Å². The van der Waals surface area contributed by atoms with Crippen molar-refractivity contribution in [2.45, 2.75) is 42.7 Å². The van der Waals surface area contributed by atoms with Crippen molar-refractivity contribution in [2.24, 2.45) is 0 Å². The molecule has 3 rings (SSSR count). The highest BCUT2D eigenvalue weighted by Crippen LogP contribution is 2.31. The Morgan fingerprint density at radius 3 is 2.42 bits per heavy atom. The fourth-order valence-electron chi connectivity index (χ4n) is 3.79. The van der Waals surface area contributed by atoms with Crippen molar-refractivity contribution in [3.05, 3.63) is 24.3 Å². The first-order valence-corrected chi connectivity index (χ1v) is 10.3. The lowest BCUT2D eigenvalue weighted by Crippen LogP contribution is -2.45. The molecule has 26 heavy (non-hydrogen) atoms. The third-order valence-electron chi connectivity index (χ3n) is 5.22. The molecule has 0 aromatic heterocycles. The van der Waals surface area contributed by atoms with E-state index < -0.39 is 22.0 Å². The molecule has 0 aliphatic carbocycles. The van der Waals surface area contributed by atoms with Crippen molar-refractivity contribution in [1.82, 2.24) is 14.7 Å². The third-order valence-corrected chi connectivity index (χ3v) is 7.11. The van der Waals surface area contributed by atoms with Gasteiger partial charge in [-0.2, -0.15) is 4.31 Å². The summed E-state index contributed by atoms with van der Waals surface area (Å²) in [5.74, 6) is -0.136. The molecule has 2 atom stereocenters. The first kappa shape index (κ1) is 19.1. The average molecular weight is 383 g/mol. The minimum absolute atomic E-state index is 0.0226. The van der Waals surface area contributed by atoms with Crippen LogP contribution in [0.25, 0.3) is 0 Å². The number of rotatable bonds is 5. The van der Waals surface area contributed by atoms with Gasteiger partial charge >= 0.3 is 0 Å². The first-order valence-electron chi connectivity index (χ1n) is 8.81. The molecule has 2 aliphatic rings. The average Bonchev–Trinajstić information content (AvgIpc) is 3.14. The van der Waals surface area contributed by atoms with Crippen LogP contribution in [0.4, 0.5) is 0 Å². The number of hydrogen-bond acceptors (Lipinski definition) is 6. The van der Waals surface area contributed by atoms with E-state index >= 15 is 0 Å². The normalized spacial score (nSPS) is 25.2. The van der Waals surface area contributed by atoms with Crippen molar-refractivity contribution in [3.63, 3.8) is 0 Å². The van der Waals surface area contributed by atoms with E-state index in [0.717, 1.165) is 25.9 Å². The number of nitrogens with one attached hydrogen (secondary N) is 1. The Kier molecular flexibility index (Phi) is 5.81. The van der Waals surface area contributed by atoms with Crippen molar-refractivity contribution in [1.29, 1.82) is 0 Å². The second kappa shape index (κ2) is 7.91. The Labute approximate surface area is 153 Å². The summed E-state index contributed by atoms with van der Waals surface area (Å²) in [6.07, 6.45) is 3.72. The number of methoxy groups -OCH3 is 1. The zero-order valence-electron chi connectivity index (χ0n) is 14.8. The molecule has 1 amide bonds. The predicted molar refractivity (Wildman–Crippen MR) is 94.4 cm³/mol. The zero-order valence-corrected chi connectivity index (χ0v) is 15.6. The van der Waals surface area contributed by atoms with Crippen LogP contribution in [0.1, 0.15) is 25.7 Å². The van der Waals surface area contributed by atoms with Gasteiger partial charge in [0.1, 0.15) is 11.8 Å².